The lowest BCUT2D eigenvalue weighted by Gasteiger charge is -2.34. The van der Waals surface area contributed by atoms with E-state index in [9.17, 15) is 9.59 Å². The molecule has 1 fully saturated rings. The second-order valence-corrected chi connectivity index (χ2v) is 7.00. The zero-order chi connectivity index (χ0) is 18.5. The standard InChI is InChI=1S/C19H27N5O2/c1-22(2)19(26)14-23-10-12-24(13-11-23)18(25)9-5-8-17-20-15-6-3-4-7-16(15)21-17/h3-4,6-7H,5,8-14H2,1-2H3,(H,20,21). The minimum absolute atomic E-state index is 0.107. The van der Waals surface area contributed by atoms with E-state index in [-0.39, 0.29) is 11.8 Å². The third kappa shape index (κ3) is 4.60. The molecule has 1 N–H and O–H groups in total. The summed E-state index contributed by atoms with van der Waals surface area (Å²) >= 11 is 0. The van der Waals surface area contributed by atoms with Gasteiger partial charge in [-0.1, -0.05) is 12.1 Å². The minimum atomic E-state index is 0.107. The van der Waals surface area contributed by atoms with Crippen molar-refractivity contribution in [2.45, 2.75) is 19.3 Å². The van der Waals surface area contributed by atoms with Crippen LogP contribution in [0.3, 0.4) is 0 Å². The predicted octanol–water partition coefficient (Wildman–Crippen LogP) is 1.12. The summed E-state index contributed by atoms with van der Waals surface area (Å²) < 4.78 is 0. The highest BCUT2D eigenvalue weighted by molar-refractivity contribution is 5.78. The number of carbonyl (C=O) groups excluding carboxylic acids is 2. The van der Waals surface area contributed by atoms with E-state index < -0.39 is 0 Å². The summed E-state index contributed by atoms with van der Waals surface area (Å²) in [5.41, 5.74) is 2.01. The number of amides is 2. The first-order valence-corrected chi connectivity index (χ1v) is 9.17. The normalized spacial score (nSPS) is 15.4. The van der Waals surface area contributed by atoms with Crippen LogP contribution in [0, 0.1) is 0 Å². The van der Waals surface area contributed by atoms with Gasteiger partial charge in [0.25, 0.3) is 0 Å². The molecule has 7 nitrogen and oxygen atoms in total. The molecule has 0 spiro atoms. The van der Waals surface area contributed by atoms with E-state index in [1.807, 2.05) is 29.2 Å². The molecule has 1 aromatic carbocycles. The van der Waals surface area contributed by atoms with Crippen LogP contribution in [0.4, 0.5) is 0 Å². The lowest BCUT2D eigenvalue weighted by Crippen LogP contribution is -2.51. The number of fused-ring (bicyclic) bond motifs is 1. The molecule has 0 unspecified atom stereocenters. The van der Waals surface area contributed by atoms with Crippen molar-refractivity contribution in [2.24, 2.45) is 0 Å². The maximum absolute atomic E-state index is 12.4. The molecule has 2 aromatic rings. The van der Waals surface area contributed by atoms with Crippen molar-refractivity contribution >= 4 is 22.8 Å². The Hall–Kier alpha value is -2.41. The van der Waals surface area contributed by atoms with Crippen LogP contribution in [0.25, 0.3) is 11.0 Å². The fourth-order valence-electron chi connectivity index (χ4n) is 3.18. The van der Waals surface area contributed by atoms with Crippen molar-refractivity contribution in [2.75, 3.05) is 46.8 Å². The summed E-state index contributed by atoms with van der Waals surface area (Å²) in [5.74, 6) is 1.24. The summed E-state index contributed by atoms with van der Waals surface area (Å²) in [7, 11) is 3.54. The largest absolute Gasteiger partial charge is 0.348 e. The average Bonchev–Trinajstić information content (AvgIpc) is 3.04. The lowest BCUT2D eigenvalue weighted by atomic mass is 10.2. The third-order valence-corrected chi connectivity index (χ3v) is 4.83. The fourth-order valence-corrected chi connectivity index (χ4v) is 3.18. The van der Waals surface area contributed by atoms with Gasteiger partial charge in [-0.05, 0) is 18.6 Å². The predicted molar refractivity (Wildman–Crippen MR) is 101 cm³/mol. The minimum Gasteiger partial charge on any atom is -0.348 e. The smallest absolute Gasteiger partial charge is 0.236 e. The zero-order valence-corrected chi connectivity index (χ0v) is 15.6. The number of rotatable bonds is 6. The first-order chi connectivity index (χ1) is 12.5. The van der Waals surface area contributed by atoms with Gasteiger partial charge in [-0.25, -0.2) is 4.98 Å². The Balaban J connectivity index is 1.39. The van der Waals surface area contributed by atoms with Gasteiger partial charge in [0.2, 0.25) is 11.8 Å². The van der Waals surface area contributed by atoms with Crippen molar-refractivity contribution < 1.29 is 9.59 Å². The molecular weight excluding hydrogens is 330 g/mol. The second-order valence-electron chi connectivity index (χ2n) is 7.00. The Morgan fingerprint density at radius 2 is 1.88 bits per heavy atom. The van der Waals surface area contributed by atoms with Gasteiger partial charge in [0.15, 0.2) is 0 Å². The number of nitrogens with zero attached hydrogens (tertiary/aromatic N) is 4. The van der Waals surface area contributed by atoms with E-state index in [1.54, 1.807) is 19.0 Å². The Kier molecular flexibility index (Phi) is 5.88. The summed E-state index contributed by atoms with van der Waals surface area (Å²) in [5, 5.41) is 0. The quantitative estimate of drug-likeness (QED) is 0.841. The molecular formula is C19H27N5O2. The van der Waals surface area contributed by atoms with Crippen LogP contribution in [0.15, 0.2) is 24.3 Å². The van der Waals surface area contributed by atoms with Gasteiger partial charge in [-0.2, -0.15) is 0 Å². The fraction of sp³-hybridized carbons (Fsp3) is 0.526. The molecule has 0 aliphatic carbocycles. The van der Waals surface area contributed by atoms with Gasteiger partial charge < -0.3 is 14.8 Å². The highest BCUT2D eigenvalue weighted by Crippen LogP contribution is 2.13. The molecule has 0 radical (unpaired) electrons. The van der Waals surface area contributed by atoms with E-state index in [2.05, 4.69) is 14.9 Å². The molecule has 2 amide bonds. The average molecular weight is 357 g/mol. The molecule has 3 rings (SSSR count). The van der Waals surface area contributed by atoms with Crippen LogP contribution < -0.4 is 0 Å². The van der Waals surface area contributed by atoms with Crippen molar-refractivity contribution in [1.82, 2.24) is 24.7 Å². The summed E-state index contributed by atoms with van der Waals surface area (Å²) in [6, 6.07) is 7.96. The number of likely N-dealkylation sites (N-methyl/N-ethyl adjacent to an activating group) is 1. The number of aryl methyl sites for hydroxylation is 1. The van der Waals surface area contributed by atoms with Crippen LogP contribution in [0.5, 0.6) is 0 Å². The van der Waals surface area contributed by atoms with Crippen LogP contribution in [-0.2, 0) is 16.0 Å². The van der Waals surface area contributed by atoms with Gasteiger partial charge >= 0.3 is 0 Å². The van der Waals surface area contributed by atoms with E-state index in [4.69, 9.17) is 0 Å². The molecule has 0 saturated carbocycles. The zero-order valence-electron chi connectivity index (χ0n) is 15.6. The van der Waals surface area contributed by atoms with E-state index in [0.29, 0.717) is 26.1 Å². The topological polar surface area (TPSA) is 72.5 Å². The molecule has 1 aliphatic heterocycles. The maximum Gasteiger partial charge on any atom is 0.236 e. The number of aromatic amines is 1. The molecule has 0 bridgehead atoms. The third-order valence-electron chi connectivity index (χ3n) is 4.83. The summed E-state index contributed by atoms with van der Waals surface area (Å²) in [4.78, 5) is 37.6. The van der Waals surface area contributed by atoms with Gasteiger partial charge in [0.1, 0.15) is 5.82 Å². The number of hydrogen-bond donors (Lipinski definition) is 1. The van der Waals surface area contributed by atoms with Crippen molar-refractivity contribution in [1.29, 1.82) is 0 Å². The molecule has 1 saturated heterocycles. The van der Waals surface area contributed by atoms with Crippen LogP contribution >= 0.6 is 0 Å². The van der Waals surface area contributed by atoms with Crippen LogP contribution in [-0.4, -0.2) is 83.3 Å². The second kappa shape index (κ2) is 8.31. The number of piperazine rings is 1. The SMILES string of the molecule is CN(C)C(=O)CN1CCN(C(=O)CCCc2nc3ccccc3[nH]2)CC1. The summed E-state index contributed by atoms with van der Waals surface area (Å²) in [6.07, 6.45) is 2.10. The number of H-pyrrole nitrogens is 1. The van der Waals surface area contributed by atoms with Gasteiger partial charge in [0, 0.05) is 53.1 Å². The molecule has 140 valence electrons. The number of nitrogens with one attached hydrogen (secondary N) is 1. The Morgan fingerprint density at radius 1 is 1.15 bits per heavy atom. The number of benzene rings is 1. The molecule has 2 heterocycles. The number of carbonyl (C=O) groups is 2. The lowest BCUT2D eigenvalue weighted by molar-refractivity contribution is -0.134. The number of para-hydroxylation sites is 2. The summed E-state index contributed by atoms with van der Waals surface area (Å²) in [6.45, 7) is 3.35. The molecule has 26 heavy (non-hydrogen) atoms. The molecule has 7 heteroatoms. The van der Waals surface area contributed by atoms with E-state index in [1.165, 1.54) is 0 Å². The van der Waals surface area contributed by atoms with Crippen LogP contribution in [0.1, 0.15) is 18.7 Å². The van der Waals surface area contributed by atoms with Gasteiger partial charge in [0.05, 0.1) is 17.6 Å². The Bertz CT molecular complexity index is 729. The van der Waals surface area contributed by atoms with Crippen molar-refractivity contribution in [3.05, 3.63) is 30.1 Å². The van der Waals surface area contributed by atoms with E-state index in [0.717, 1.165) is 42.8 Å². The Labute approximate surface area is 154 Å². The molecule has 0 atom stereocenters. The molecule has 1 aromatic heterocycles. The first kappa shape index (κ1) is 18.4. The highest BCUT2D eigenvalue weighted by atomic mass is 16.2. The first-order valence-electron chi connectivity index (χ1n) is 9.17. The number of aromatic nitrogens is 2. The van der Waals surface area contributed by atoms with Gasteiger partial charge in [-0.3, -0.25) is 14.5 Å². The Morgan fingerprint density at radius 3 is 2.58 bits per heavy atom. The van der Waals surface area contributed by atoms with Crippen molar-refractivity contribution in [3.63, 3.8) is 0 Å². The highest BCUT2D eigenvalue weighted by Gasteiger charge is 2.22. The van der Waals surface area contributed by atoms with Gasteiger partial charge in [-0.15, -0.1) is 0 Å². The van der Waals surface area contributed by atoms with Crippen LogP contribution in [0.2, 0.25) is 0 Å². The maximum atomic E-state index is 12.4. The van der Waals surface area contributed by atoms with Crippen molar-refractivity contribution in [3.8, 4) is 0 Å². The van der Waals surface area contributed by atoms with E-state index >= 15 is 0 Å². The molecule has 1 aliphatic rings. The monoisotopic (exact) mass is 357 g/mol. The number of imidazole rings is 1. The number of hydrogen-bond acceptors (Lipinski definition) is 4.